The SMILES string of the molecule is CCC[SiH2]NC(C)(N(C)C)N(C)C. The van der Waals surface area contributed by atoms with E-state index in [1.54, 1.807) is 0 Å². The lowest BCUT2D eigenvalue weighted by Gasteiger charge is -2.43. The van der Waals surface area contributed by atoms with Crippen LogP contribution in [0, 0.1) is 0 Å². The van der Waals surface area contributed by atoms with Crippen molar-refractivity contribution in [3.63, 3.8) is 0 Å². The highest BCUT2D eigenvalue weighted by atomic mass is 28.2. The Bertz CT molecular complexity index is 129. The molecule has 4 heteroatoms. The predicted molar refractivity (Wildman–Crippen MR) is 62.6 cm³/mol. The van der Waals surface area contributed by atoms with E-state index in [9.17, 15) is 0 Å². The van der Waals surface area contributed by atoms with Gasteiger partial charge < -0.3 is 4.98 Å². The summed E-state index contributed by atoms with van der Waals surface area (Å²) < 4.78 is 0. The molecule has 0 aliphatic rings. The lowest BCUT2D eigenvalue weighted by molar-refractivity contribution is 0.00984. The van der Waals surface area contributed by atoms with E-state index in [1.165, 1.54) is 12.5 Å². The summed E-state index contributed by atoms with van der Waals surface area (Å²) in [4.78, 5) is 8.15. The molecule has 0 aromatic rings. The fourth-order valence-corrected chi connectivity index (χ4v) is 2.85. The zero-order chi connectivity index (χ0) is 10.5. The molecule has 0 heterocycles. The maximum atomic E-state index is 3.69. The fourth-order valence-electron chi connectivity index (χ4n) is 1.22. The minimum Gasteiger partial charge on any atom is -0.314 e. The van der Waals surface area contributed by atoms with Gasteiger partial charge in [0.05, 0.1) is 9.68 Å². The van der Waals surface area contributed by atoms with Crippen LogP contribution < -0.4 is 4.98 Å². The first-order chi connectivity index (χ1) is 5.95. The first-order valence-electron chi connectivity index (χ1n) is 5.05. The Hall–Kier alpha value is 0.0969. The molecule has 0 saturated heterocycles. The fraction of sp³-hybridized carbons (Fsp3) is 1.00. The Balaban J connectivity index is 4.09. The monoisotopic (exact) mass is 203 g/mol. The van der Waals surface area contributed by atoms with E-state index in [1.807, 2.05) is 0 Å². The van der Waals surface area contributed by atoms with Crippen LogP contribution in [0.1, 0.15) is 20.3 Å². The molecule has 0 aromatic carbocycles. The summed E-state index contributed by atoms with van der Waals surface area (Å²) in [5, 5.41) is 0. The third-order valence-corrected chi connectivity index (χ3v) is 4.71. The van der Waals surface area contributed by atoms with Crippen LogP contribution in [0.3, 0.4) is 0 Å². The van der Waals surface area contributed by atoms with Gasteiger partial charge in [0.25, 0.3) is 0 Å². The molecule has 0 unspecified atom stereocenters. The quantitative estimate of drug-likeness (QED) is 0.380. The van der Waals surface area contributed by atoms with Crippen LogP contribution in [-0.2, 0) is 0 Å². The molecular formula is C9H25N3Si. The highest BCUT2D eigenvalue weighted by Gasteiger charge is 2.27. The van der Waals surface area contributed by atoms with Crippen LogP contribution in [0.25, 0.3) is 0 Å². The maximum absolute atomic E-state index is 3.69. The first-order valence-corrected chi connectivity index (χ1v) is 6.75. The largest absolute Gasteiger partial charge is 0.314 e. The topological polar surface area (TPSA) is 18.5 Å². The number of hydrogen-bond acceptors (Lipinski definition) is 3. The van der Waals surface area contributed by atoms with E-state index in [0.717, 1.165) is 0 Å². The van der Waals surface area contributed by atoms with E-state index in [0.29, 0.717) is 0 Å². The van der Waals surface area contributed by atoms with Crippen molar-refractivity contribution in [2.45, 2.75) is 32.1 Å². The summed E-state index contributed by atoms with van der Waals surface area (Å²) in [6.45, 7) is 4.48. The van der Waals surface area contributed by atoms with Crippen LogP contribution in [0.5, 0.6) is 0 Å². The Morgan fingerprint density at radius 3 is 1.92 bits per heavy atom. The van der Waals surface area contributed by atoms with Gasteiger partial charge in [-0.3, -0.25) is 9.80 Å². The maximum Gasteiger partial charge on any atom is 0.118 e. The minimum absolute atomic E-state index is 0.0292. The average molecular weight is 203 g/mol. The van der Waals surface area contributed by atoms with Gasteiger partial charge in [-0.05, 0) is 35.1 Å². The molecule has 0 aromatic heterocycles. The molecule has 1 N–H and O–H groups in total. The molecule has 0 fully saturated rings. The van der Waals surface area contributed by atoms with E-state index in [-0.39, 0.29) is 15.5 Å². The van der Waals surface area contributed by atoms with Gasteiger partial charge in [0.2, 0.25) is 0 Å². The molecule has 0 radical (unpaired) electrons. The second-order valence-corrected chi connectivity index (χ2v) is 5.65. The minimum atomic E-state index is -0.112. The van der Waals surface area contributed by atoms with Gasteiger partial charge in [-0.1, -0.05) is 19.4 Å². The van der Waals surface area contributed by atoms with Crippen molar-refractivity contribution in [3.05, 3.63) is 0 Å². The number of rotatable bonds is 6. The van der Waals surface area contributed by atoms with Gasteiger partial charge in [0, 0.05) is 0 Å². The Morgan fingerprint density at radius 1 is 1.15 bits per heavy atom. The van der Waals surface area contributed by atoms with Crippen molar-refractivity contribution in [3.8, 4) is 0 Å². The van der Waals surface area contributed by atoms with E-state index >= 15 is 0 Å². The van der Waals surface area contributed by atoms with Crippen molar-refractivity contribution in [2.75, 3.05) is 28.2 Å². The molecule has 0 aliphatic heterocycles. The molecule has 13 heavy (non-hydrogen) atoms. The van der Waals surface area contributed by atoms with E-state index < -0.39 is 0 Å². The van der Waals surface area contributed by atoms with Gasteiger partial charge in [0.1, 0.15) is 5.79 Å². The molecule has 0 spiro atoms. The Morgan fingerprint density at radius 2 is 1.62 bits per heavy atom. The standard InChI is InChI=1S/C9H25N3Si/c1-7-8-13-10-9(2,11(3)4)12(5)6/h10H,7-8,13H2,1-6H3. The Kier molecular flexibility index (Phi) is 5.79. The lowest BCUT2D eigenvalue weighted by atomic mass is 10.3. The third kappa shape index (κ3) is 3.77. The molecule has 0 saturated carbocycles. The first kappa shape index (κ1) is 13.1. The zero-order valence-electron chi connectivity index (χ0n) is 10.0. The number of nitrogens with one attached hydrogen (secondary N) is 1. The lowest BCUT2D eigenvalue weighted by Crippen LogP contribution is -2.63. The van der Waals surface area contributed by atoms with Crippen molar-refractivity contribution in [1.29, 1.82) is 0 Å². The molecule has 0 aliphatic carbocycles. The van der Waals surface area contributed by atoms with Crippen molar-refractivity contribution in [1.82, 2.24) is 14.8 Å². The van der Waals surface area contributed by atoms with Gasteiger partial charge in [-0.2, -0.15) is 0 Å². The van der Waals surface area contributed by atoms with Gasteiger partial charge in [0.15, 0.2) is 0 Å². The van der Waals surface area contributed by atoms with E-state index in [2.05, 4.69) is 56.8 Å². The van der Waals surface area contributed by atoms with Crippen LogP contribution >= 0.6 is 0 Å². The molecule has 0 bridgehead atoms. The molecular weight excluding hydrogens is 178 g/mol. The summed E-state index contributed by atoms with van der Waals surface area (Å²) >= 11 is 0. The number of hydrogen-bond donors (Lipinski definition) is 1. The molecule has 80 valence electrons. The normalized spacial score (nSPS) is 13.8. The predicted octanol–water partition coefficient (Wildman–Crippen LogP) is 0.285. The van der Waals surface area contributed by atoms with Gasteiger partial charge in [-0.25, -0.2) is 0 Å². The summed E-state index contributed by atoms with van der Waals surface area (Å²) in [6, 6.07) is 1.37. The second kappa shape index (κ2) is 5.75. The van der Waals surface area contributed by atoms with Crippen molar-refractivity contribution >= 4 is 9.68 Å². The van der Waals surface area contributed by atoms with Gasteiger partial charge in [-0.15, -0.1) is 0 Å². The van der Waals surface area contributed by atoms with Crippen LogP contribution in [0.15, 0.2) is 0 Å². The summed E-state index contributed by atoms with van der Waals surface area (Å²) in [6.07, 6.45) is 1.30. The summed E-state index contributed by atoms with van der Waals surface area (Å²) in [5.74, 6) is 0.0292. The zero-order valence-corrected chi connectivity index (χ0v) is 11.4. The summed E-state index contributed by atoms with van der Waals surface area (Å²) in [5.41, 5.74) is 0. The van der Waals surface area contributed by atoms with Crippen molar-refractivity contribution in [2.24, 2.45) is 0 Å². The summed E-state index contributed by atoms with van der Waals surface area (Å²) in [7, 11) is 8.36. The van der Waals surface area contributed by atoms with Crippen LogP contribution in [0.4, 0.5) is 0 Å². The molecule has 0 amide bonds. The van der Waals surface area contributed by atoms with Gasteiger partial charge >= 0.3 is 0 Å². The van der Waals surface area contributed by atoms with Crippen LogP contribution in [0.2, 0.25) is 6.04 Å². The number of nitrogens with zero attached hydrogens (tertiary/aromatic N) is 2. The van der Waals surface area contributed by atoms with Crippen LogP contribution in [-0.4, -0.2) is 53.5 Å². The second-order valence-electron chi connectivity index (χ2n) is 4.09. The average Bonchev–Trinajstić information content (AvgIpc) is 2.03. The Labute approximate surface area is 85.4 Å². The molecule has 3 nitrogen and oxygen atoms in total. The molecule has 0 atom stereocenters. The van der Waals surface area contributed by atoms with E-state index in [4.69, 9.17) is 0 Å². The molecule has 0 rings (SSSR count). The third-order valence-electron chi connectivity index (χ3n) is 2.73. The van der Waals surface area contributed by atoms with Crippen molar-refractivity contribution < 1.29 is 0 Å². The highest BCUT2D eigenvalue weighted by molar-refractivity contribution is 6.32. The smallest absolute Gasteiger partial charge is 0.118 e. The highest BCUT2D eigenvalue weighted by Crippen LogP contribution is 2.09.